The van der Waals surface area contributed by atoms with Crippen molar-refractivity contribution in [3.05, 3.63) is 60.3 Å². The number of nitrogens with zero attached hydrogens (tertiary/aromatic N) is 1. The first-order valence-electron chi connectivity index (χ1n) is 11.5. The van der Waals surface area contributed by atoms with Gasteiger partial charge in [-0.3, -0.25) is 9.63 Å². The fraction of sp³-hybridized carbons (Fsp3) is 0.417. The molecule has 1 amide bonds. The topological polar surface area (TPSA) is 165 Å². The Kier molecular flexibility index (Phi) is 12.1. The Labute approximate surface area is 215 Å². The van der Waals surface area contributed by atoms with Crippen LogP contribution >= 0.6 is 12.4 Å². The van der Waals surface area contributed by atoms with Crippen molar-refractivity contribution in [3.8, 4) is 0 Å². The highest BCUT2D eigenvalue weighted by atomic mass is 35.5. The number of pyridine rings is 1. The molecule has 3 rings (SSSR count). The molecule has 2 aromatic rings. The number of hydroxylamine groups is 1. The van der Waals surface area contributed by atoms with Gasteiger partial charge in [-0.2, -0.15) is 5.48 Å². The quantitative estimate of drug-likeness (QED) is 0.246. The first kappa shape index (κ1) is 29.0. The summed E-state index contributed by atoms with van der Waals surface area (Å²) in [5.41, 5.74) is 9.32. The number of anilines is 1. The highest BCUT2D eigenvalue weighted by Gasteiger charge is 2.39. The maximum atomic E-state index is 12.8. The van der Waals surface area contributed by atoms with Crippen molar-refractivity contribution in [2.45, 2.75) is 56.5 Å². The number of ketones is 1. The number of amides is 1. The SMILES string of the molecule is Cl.NC(C(=O)[C@H]1C[C@H](CCCCNc2ccccn2)ON1)[C@H](NC(=O)OCc1ccccc1)C(=O)O. The van der Waals surface area contributed by atoms with Crippen LogP contribution in [0.5, 0.6) is 0 Å². The Morgan fingerprint density at radius 2 is 1.92 bits per heavy atom. The summed E-state index contributed by atoms with van der Waals surface area (Å²) >= 11 is 0. The molecule has 0 radical (unpaired) electrons. The lowest BCUT2D eigenvalue weighted by Gasteiger charge is -2.22. The van der Waals surface area contributed by atoms with Gasteiger partial charge in [0.25, 0.3) is 0 Å². The number of ether oxygens (including phenoxy) is 1. The summed E-state index contributed by atoms with van der Waals surface area (Å²) in [6, 6.07) is 10.7. The molecular formula is C24H32ClN5O6. The highest BCUT2D eigenvalue weighted by Crippen LogP contribution is 2.18. The Balaban J connectivity index is 0.00000456. The lowest BCUT2D eigenvalue weighted by molar-refractivity contribution is -0.142. The van der Waals surface area contributed by atoms with E-state index in [0.29, 0.717) is 6.42 Å². The largest absolute Gasteiger partial charge is 0.480 e. The van der Waals surface area contributed by atoms with Crippen LogP contribution in [0.25, 0.3) is 0 Å². The molecule has 196 valence electrons. The molecule has 1 aliphatic heterocycles. The number of nitrogens with one attached hydrogen (secondary N) is 3. The molecule has 1 aromatic heterocycles. The molecule has 0 spiro atoms. The average molecular weight is 522 g/mol. The number of hydrogen-bond acceptors (Lipinski definition) is 9. The number of carbonyl (C=O) groups excluding carboxylic acids is 2. The van der Waals surface area contributed by atoms with Gasteiger partial charge in [-0.05, 0) is 37.0 Å². The van der Waals surface area contributed by atoms with Gasteiger partial charge in [0, 0.05) is 19.2 Å². The molecule has 1 aliphatic rings. The third-order valence-electron chi connectivity index (χ3n) is 5.58. The molecule has 2 heterocycles. The molecule has 1 aromatic carbocycles. The van der Waals surface area contributed by atoms with Crippen LogP contribution in [-0.4, -0.2) is 58.7 Å². The van der Waals surface area contributed by atoms with E-state index in [4.69, 9.17) is 15.3 Å². The number of hydrogen-bond donors (Lipinski definition) is 5. The van der Waals surface area contributed by atoms with E-state index in [1.807, 2.05) is 24.3 Å². The Morgan fingerprint density at radius 3 is 2.61 bits per heavy atom. The summed E-state index contributed by atoms with van der Waals surface area (Å²) in [6.45, 7) is 0.718. The second-order valence-electron chi connectivity index (χ2n) is 8.23. The number of carbonyl (C=O) groups is 3. The molecule has 0 aliphatic carbocycles. The molecule has 1 unspecified atom stereocenters. The summed E-state index contributed by atoms with van der Waals surface area (Å²) in [6.07, 6.45) is 3.40. The normalized spacial score (nSPS) is 18.4. The monoisotopic (exact) mass is 521 g/mol. The Bertz CT molecular complexity index is 968. The molecule has 36 heavy (non-hydrogen) atoms. The molecule has 12 heteroatoms. The summed E-state index contributed by atoms with van der Waals surface area (Å²) in [5.74, 6) is -1.17. The maximum Gasteiger partial charge on any atom is 0.408 e. The van der Waals surface area contributed by atoms with Gasteiger partial charge in [-0.1, -0.05) is 36.4 Å². The molecule has 4 atom stereocenters. The fourth-order valence-electron chi connectivity index (χ4n) is 3.66. The van der Waals surface area contributed by atoms with Gasteiger partial charge in [0.15, 0.2) is 11.8 Å². The molecule has 6 N–H and O–H groups in total. The number of alkyl carbamates (subject to hydrolysis) is 1. The number of halogens is 1. The first-order chi connectivity index (χ1) is 16.9. The van der Waals surface area contributed by atoms with E-state index in [1.54, 1.807) is 30.5 Å². The van der Waals surface area contributed by atoms with Crippen molar-refractivity contribution in [1.82, 2.24) is 15.8 Å². The van der Waals surface area contributed by atoms with Crippen LogP contribution in [0.1, 0.15) is 31.2 Å². The van der Waals surface area contributed by atoms with Crippen molar-refractivity contribution in [1.29, 1.82) is 0 Å². The van der Waals surface area contributed by atoms with Gasteiger partial charge in [-0.15, -0.1) is 12.4 Å². The second-order valence-corrected chi connectivity index (χ2v) is 8.23. The van der Waals surface area contributed by atoms with E-state index in [0.717, 1.165) is 37.2 Å². The smallest absolute Gasteiger partial charge is 0.408 e. The summed E-state index contributed by atoms with van der Waals surface area (Å²) in [7, 11) is 0. The molecule has 0 bridgehead atoms. The predicted molar refractivity (Wildman–Crippen MR) is 134 cm³/mol. The van der Waals surface area contributed by atoms with Crippen molar-refractivity contribution >= 4 is 36.1 Å². The van der Waals surface area contributed by atoms with E-state index >= 15 is 0 Å². The molecule has 0 saturated carbocycles. The van der Waals surface area contributed by atoms with E-state index in [-0.39, 0.29) is 25.1 Å². The zero-order chi connectivity index (χ0) is 25.0. The number of unbranched alkanes of at least 4 members (excludes halogenated alkanes) is 1. The van der Waals surface area contributed by atoms with E-state index in [9.17, 15) is 19.5 Å². The second kappa shape index (κ2) is 15.0. The van der Waals surface area contributed by atoms with Crippen LogP contribution in [0.2, 0.25) is 0 Å². The summed E-state index contributed by atoms with van der Waals surface area (Å²) in [5, 5.41) is 14.9. The molecule has 1 saturated heterocycles. The van der Waals surface area contributed by atoms with Crippen LogP contribution in [0.4, 0.5) is 10.6 Å². The van der Waals surface area contributed by atoms with Gasteiger partial charge < -0.3 is 26.2 Å². The third-order valence-corrected chi connectivity index (χ3v) is 5.58. The highest BCUT2D eigenvalue weighted by molar-refractivity contribution is 5.95. The van der Waals surface area contributed by atoms with Gasteiger partial charge in [0.1, 0.15) is 12.4 Å². The number of Topliss-reactive ketones (excluding diaryl/α,β-unsaturated/α-hetero) is 1. The van der Waals surface area contributed by atoms with Crippen molar-refractivity contribution in [2.75, 3.05) is 11.9 Å². The number of aromatic nitrogens is 1. The summed E-state index contributed by atoms with van der Waals surface area (Å²) < 4.78 is 5.04. The minimum absolute atomic E-state index is 0. The fourth-order valence-corrected chi connectivity index (χ4v) is 3.66. The maximum absolute atomic E-state index is 12.8. The van der Waals surface area contributed by atoms with Crippen LogP contribution < -0.4 is 21.8 Å². The number of carboxylic acids is 1. The van der Waals surface area contributed by atoms with E-state index in [2.05, 4.69) is 21.1 Å². The van der Waals surface area contributed by atoms with Gasteiger partial charge in [0.2, 0.25) is 0 Å². The Hall–Kier alpha value is -3.25. The zero-order valence-corrected chi connectivity index (χ0v) is 20.5. The zero-order valence-electron chi connectivity index (χ0n) is 19.7. The number of benzene rings is 1. The van der Waals surface area contributed by atoms with Crippen molar-refractivity contribution in [2.24, 2.45) is 5.73 Å². The summed E-state index contributed by atoms with van der Waals surface area (Å²) in [4.78, 5) is 46.2. The minimum Gasteiger partial charge on any atom is -0.480 e. The van der Waals surface area contributed by atoms with Crippen molar-refractivity contribution < 1.29 is 29.1 Å². The number of rotatable bonds is 13. The number of aliphatic carboxylic acids is 1. The van der Waals surface area contributed by atoms with Crippen LogP contribution in [0.3, 0.4) is 0 Å². The average Bonchev–Trinajstić information content (AvgIpc) is 3.35. The molecule has 11 nitrogen and oxygen atoms in total. The minimum atomic E-state index is -1.63. The Morgan fingerprint density at radius 1 is 1.17 bits per heavy atom. The van der Waals surface area contributed by atoms with Crippen molar-refractivity contribution in [3.63, 3.8) is 0 Å². The van der Waals surface area contributed by atoms with Gasteiger partial charge >= 0.3 is 12.1 Å². The predicted octanol–water partition coefficient (Wildman–Crippen LogP) is 2.02. The first-order valence-corrected chi connectivity index (χ1v) is 11.5. The van der Waals surface area contributed by atoms with Crippen LogP contribution in [0.15, 0.2) is 54.7 Å². The van der Waals surface area contributed by atoms with Gasteiger partial charge in [-0.25, -0.2) is 14.6 Å². The van der Waals surface area contributed by atoms with Gasteiger partial charge in [0.05, 0.1) is 18.2 Å². The molecular weight excluding hydrogens is 490 g/mol. The van der Waals surface area contributed by atoms with E-state index in [1.165, 1.54) is 0 Å². The lowest BCUT2D eigenvalue weighted by Crippen LogP contribution is -2.59. The number of nitrogens with two attached hydrogens (primary N) is 1. The van der Waals surface area contributed by atoms with Crippen LogP contribution in [-0.2, 0) is 25.8 Å². The van der Waals surface area contributed by atoms with E-state index < -0.39 is 36.0 Å². The van der Waals surface area contributed by atoms with Crippen LogP contribution in [0, 0.1) is 0 Å². The molecule has 1 fully saturated rings. The standard InChI is InChI=1S/C24H31N5O6.ClH/c25-20(21(23(31)32)28-24(33)34-15-16-8-2-1-3-9-16)22(30)18-14-17(35-29-18)10-4-6-12-26-19-11-5-7-13-27-19;/h1-3,5,7-9,11,13,17-18,20-21,29H,4,6,10,12,14-15,25H2,(H,26,27)(H,28,33)(H,31,32);1H/t17-,18+,20?,21-;/m0./s1. The number of carboxylic acid groups (broad SMARTS) is 1. The lowest BCUT2D eigenvalue weighted by atomic mass is 9.95. The third kappa shape index (κ3) is 9.08.